The van der Waals surface area contributed by atoms with Gasteiger partial charge in [0.05, 0.1) is 30.7 Å². The summed E-state index contributed by atoms with van der Waals surface area (Å²) in [4.78, 5) is 8.37. The Hall–Kier alpha value is -2.30. The van der Waals surface area contributed by atoms with Crippen LogP contribution in [0.2, 0.25) is 0 Å². The number of anilines is 2. The molecule has 1 aromatic heterocycles. The zero-order valence-corrected chi connectivity index (χ0v) is 10.5. The minimum absolute atomic E-state index is 0.598. The highest BCUT2D eigenvalue weighted by Gasteiger charge is 2.04. The summed E-state index contributed by atoms with van der Waals surface area (Å²) in [6.45, 7) is 2.46. The van der Waals surface area contributed by atoms with Gasteiger partial charge in [-0.2, -0.15) is 0 Å². The molecule has 0 aliphatic rings. The summed E-state index contributed by atoms with van der Waals surface area (Å²) in [6.07, 6.45) is 1.74. The van der Waals surface area contributed by atoms with E-state index in [2.05, 4.69) is 15.3 Å². The molecule has 2 aromatic rings. The Morgan fingerprint density at radius 1 is 1.33 bits per heavy atom. The molecule has 0 saturated carbocycles. The van der Waals surface area contributed by atoms with E-state index in [0.717, 1.165) is 17.2 Å². The summed E-state index contributed by atoms with van der Waals surface area (Å²) >= 11 is 0. The number of benzene rings is 1. The maximum absolute atomic E-state index is 5.97. The molecule has 0 spiro atoms. The molecule has 18 heavy (non-hydrogen) atoms. The van der Waals surface area contributed by atoms with Crippen LogP contribution >= 0.6 is 0 Å². The van der Waals surface area contributed by atoms with Crippen molar-refractivity contribution in [2.24, 2.45) is 0 Å². The number of aromatic nitrogens is 2. The first kappa shape index (κ1) is 12.2. The first-order valence-corrected chi connectivity index (χ1v) is 5.65. The second-order valence-electron chi connectivity index (χ2n) is 3.87. The third-order valence-electron chi connectivity index (χ3n) is 2.58. The summed E-state index contributed by atoms with van der Waals surface area (Å²) in [5, 5.41) is 3.24. The van der Waals surface area contributed by atoms with E-state index in [1.54, 1.807) is 13.3 Å². The molecule has 94 valence electrons. The zero-order chi connectivity index (χ0) is 13.0. The molecule has 0 saturated heterocycles. The van der Waals surface area contributed by atoms with Crippen molar-refractivity contribution in [3.8, 4) is 5.75 Å². The van der Waals surface area contributed by atoms with Gasteiger partial charge in [0, 0.05) is 6.20 Å². The van der Waals surface area contributed by atoms with Gasteiger partial charge in [-0.05, 0) is 25.1 Å². The maximum Gasteiger partial charge on any atom is 0.143 e. The van der Waals surface area contributed by atoms with E-state index in [0.29, 0.717) is 18.0 Å². The number of nitrogens with zero attached hydrogens (tertiary/aromatic N) is 2. The van der Waals surface area contributed by atoms with Gasteiger partial charge in [0.1, 0.15) is 11.6 Å². The van der Waals surface area contributed by atoms with Crippen molar-refractivity contribution >= 4 is 11.4 Å². The van der Waals surface area contributed by atoms with Crippen molar-refractivity contribution in [1.29, 1.82) is 0 Å². The Balaban J connectivity index is 2.11. The second-order valence-corrected chi connectivity index (χ2v) is 3.87. The standard InChI is InChI=1S/C13H16N4O/c1-9-15-7-6-10(17-9)8-16-11-4-3-5-12(18-2)13(11)14/h3-7,16H,8,14H2,1-2H3. The highest BCUT2D eigenvalue weighted by atomic mass is 16.5. The van der Waals surface area contributed by atoms with Crippen LogP contribution in [0, 0.1) is 6.92 Å². The molecule has 0 aliphatic heterocycles. The Labute approximate surface area is 106 Å². The van der Waals surface area contributed by atoms with Gasteiger partial charge in [0.2, 0.25) is 0 Å². The number of methoxy groups -OCH3 is 1. The van der Waals surface area contributed by atoms with Crippen molar-refractivity contribution in [2.45, 2.75) is 13.5 Å². The van der Waals surface area contributed by atoms with E-state index in [4.69, 9.17) is 10.5 Å². The third-order valence-corrected chi connectivity index (χ3v) is 2.58. The zero-order valence-electron chi connectivity index (χ0n) is 10.5. The molecule has 0 bridgehead atoms. The summed E-state index contributed by atoms with van der Waals surface area (Å²) in [7, 11) is 1.60. The fourth-order valence-corrected chi connectivity index (χ4v) is 1.67. The number of hydrogen-bond donors (Lipinski definition) is 2. The number of aryl methyl sites for hydroxylation is 1. The van der Waals surface area contributed by atoms with Crippen molar-refractivity contribution in [3.05, 3.63) is 42.0 Å². The summed E-state index contributed by atoms with van der Waals surface area (Å²) < 4.78 is 5.17. The molecule has 0 aliphatic carbocycles. The van der Waals surface area contributed by atoms with Crippen molar-refractivity contribution in [3.63, 3.8) is 0 Å². The summed E-state index contributed by atoms with van der Waals surface area (Å²) in [5.41, 5.74) is 8.33. The monoisotopic (exact) mass is 244 g/mol. The van der Waals surface area contributed by atoms with Gasteiger partial charge >= 0.3 is 0 Å². The normalized spacial score (nSPS) is 10.1. The number of nitrogens with two attached hydrogens (primary N) is 1. The predicted octanol–water partition coefficient (Wildman–Crippen LogP) is 1.99. The van der Waals surface area contributed by atoms with Gasteiger partial charge in [0.15, 0.2) is 0 Å². The van der Waals surface area contributed by atoms with Gasteiger partial charge in [0.25, 0.3) is 0 Å². The number of nitrogen functional groups attached to an aromatic ring is 1. The topological polar surface area (TPSA) is 73.1 Å². The molecule has 3 N–H and O–H groups in total. The van der Waals surface area contributed by atoms with Gasteiger partial charge in [-0.15, -0.1) is 0 Å². The van der Waals surface area contributed by atoms with Crippen LogP contribution in [0.1, 0.15) is 11.5 Å². The minimum Gasteiger partial charge on any atom is -0.495 e. The molecule has 5 heteroatoms. The van der Waals surface area contributed by atoms with Crippen LogP contribution in [-0.4, -0.2) is 17.1 Å². The Morgan fingerprint density at radius 3 is 2.89 bits per heavy atom. The van der Waals surface area contributed by atoms with Gasteiger partial charge in [-0.25, -0.2) is 9.97 Å². The number of hydrogen-bond acceptors (Lipinski definition) is 5. The quantitative estimate of drug-likeness (QED) is 0.805. The van der Waals surface area contributed by atoms with E-state index >= 15 is 0 Å². The van der Waals surface area contributed by atoms with Crippen LogP contribution < -0.4 is 15.8 Å². The molecule has 1 heterocycles. The summed E-state index contributed by atoms with van der Waals surface area (Å²) in [6, 6.07) is 7.50. The molecule has 0 amide bonds. The minimum atomic E-state index is 0.598. The molecule has 0 fully saturated rings. The smallest absolute Gasteiger partial charge is 0.143 e. The number of para-hydroxylation sites is 1. The Bertz CT molecular complexity index is 542. The van der Waals surface area contributed by atoms with Gasteiger partial charge < -0.3 is 15.8 Å². The molecule has 2 rings (SSSR count). The molecule has 5 nitrogen and oxygen atoms in total. The molecular formula is C13H16N4O. The van der Waals surface area contributed by atoms with E-state index in [9.17, 15) is 0 Å². The maximum atomic E-state index is 5.97. The highest BCUT2D eigenvalue weighted by Crippen LogP contribution is 2.29. The fourth-order valence-electron chi connectivity index (χ4n) is 1.67. The van der Waals surface area contributed by atoms with Crippen LogP contribution in [-0.2, 0) is 6.54 Å². The number of nitrogens with one attached hydrogen (secondary N) is 1. The lowest BCUT2D eigenvalue weighted by Crippen LogP contribution is -2.05. The van der Waals surface area contributed by atoms with Crippen LogP contribution in [0.4, 0.5) is 11.4 Å². The van der Waals surface area contributed by atoms with Gasteiger partial charge in [-0.3, -0.25) is 0 Å². The third kappa shape index (κ3) is 2.68. The van der Waals surface area contributed by atoms with Crippen LogP contribution in [0.5, 0.6) is 5.75 Å². The highest BCUT2D eigenvalue weighted by molar-refractivity contribution is 5.72. The molecule has 0 unspecified atom stereocenters. The first-order valence-electron chi connectivity index (χ1n) is 5.65. The average molecular weight is 244 g/mol. The van der Waals surface area contributed by atoms with E-state index in [-0.39, 0.29) is 0 Å². The van der Waals surface area contributed by atoms with Crippen molar-refractivity contribution < 1.29 is 4.74 Å². The predicted molar refractivity (Wildman–Crippen MR) is 71.5 cm³/mol. The number of ether oxygens (including phenoxy) is 1. The molecular weight excluding hydrogens is 228 g/mol. The molecule has 1 aromatic carbocycles. The average Bonchev–Trinajstić information content (AvgIpc) is 2.38. The lowest BCUT2D eigenvalue weighted by Gasteiger charge is -2.11. The van der Waals surface area contributed by atoms with Crippen LogP contribution in [0.3, 0.4) is 0 Å². The molecule has 0 radical (unpaired) electrons. The van der Waals surface area contributed by atoms with E-state index in [1.807, 2.05) is 31.2 Å². The SMILES string of the molecule is COc1cccc(NCc2ccnc(C)n2)c1N. The second kappa shape index (κ2) is 5.35. The Morgan fingerprint density at radius 2 is 2.17 bits per heavy atom. The largest absolute Gasteiger partial charge is 0.495 e. The van der Waals surface area contributed by atoms with Crippen molar-refractivity contribution in [2.75, 3.05) is 18.2 Å². The summed E-state index contributed by atoms with van der Waals surface area (Å²) in [5.74, 6) is 1.42. The van der Waals surface area contributed by atoms with Crippen molar-refractivity contribution in [1.82, 2.24) is 9.97 Å². The number of rotatable bonds is 4. The lowest BCUT2D eigenvalue weighted by atomic mass is 10.2. The Kier molecular flexibility index (Phi) is 3.62. The van der Waals surface area contributed by atoms with E-state index < -0.39 is 0 Å². The lowest BCUT2D eigenvalue weighted by molar-refractivity contribution is 0.417. The van der Waals surface area contributed by atoms with Gasteiger partial charge in [-0.1, -0.05) is 6.07 Å². The molecule has 0 atom stereocenters. The first-order chi connectivity index (χ1) is 8.70. The van der Waals surface area contributed by atoms with Crippen LogP contribution in [0.25, 0.3) is 0 Å². The van der Waals surface area contributed by atoms with E-state index in [1.165, 1.54) is 0 Å². The fraction of sp³-hybridized carbons (Fsp3) is 0.231. The van der Waals surface area contributed by atoms with Crippen LogP contribution in [0.15, 0.2) is 30.5 Å².